The lowest BCUT2D eigenvalue weighted by atomic mass is 9.87. The van der Waals surface area contributed by atoms with E-state index in [1.54, 1.807) is 48.5 Å². The van der Waals surface area contributed by atoms with Crippen molar-refractivity contribution in [2.45, 2.75) is 23.6 Å². The molecule has 3 aromatic carbocycles. The Kier molecular flexibility index (Phi) is 5.42. The van der Waals surface area contributed by atoms with E-state index in [9.17, 15) is 26.7 Å². The molecule has 29 heavy (non-hydrogen) atoms. The Balaban J connectivity index is 1.97. The first-order valence-electron chi connectivity index (χ1n) is 8.59. The quantitative estimate of drug-likeness (QED) is 0.624. The zero-order valence-electron chi connectivity index (χ0n) is 15.3. The Morgan fingerprint density at radius 1 is 0.793 bits per heavy atom. The molecule has 0 aliphatic carbocycles. The lowest BCUT2D eigenvalue weighted by molar-refractivity contribution is -0.137. The largest absolute Gasteiger partial charge is 0.416 e. The molecule has 0 amide bonds. The van der Waals surface area contributed by atoms with Gasteiger partial charge in [-0.2, -0.15) is 13.2 Å². The van der Waals surface area contributed by atoms with Gasteiger partial charge in [-0.15, -0.1) is 0 Å². The zero-order valence-corrected chi connectivity index (χ0v) is 16.1. The molecule has 0 fully saturated rings. The predicted octanol–water partition coefficient (Wildman–Crippen LogP) is 4.76. The van der Waals surface area contributed by atoms with Crippen LogP contribution in [0.15, 0.2) is 83.8 Å². The maximum absolute atomic E-state index is 12.7. The second-order valence-corrected chi connectivity index (χ2v) is 8.29. The molecule has 0 aliphatic rings. The molecule has 1 unspecified atom stereocenters. The van der Waals surface area contributed by atoms with Gasteiger partial charge in [0.15, 0.2) is 0 Å². The lowest BCUT2D eigenvalue weighted by Crippen LogP contribution is -2.25. The number of hydrogen-bond acceptors (Lipinski definition) is 3. The third-order valence-electron chi connectivity index (χ3n) is 4.52. The van der Waals surface area contributed by atoms with E-state index >= 15 is 0 Å². The Morgan fingerprint density at radius 3 is 1.93 bits per heavy atom. The van der Waals surface area contributed by atoms with Crippen molar-refractivity contribution in [2.75, 3.05) is 4.72 Å². The van der Waals surface area contributed by atoms with E-state index in [4.69, 9.17) is 0 Å². The van der Waals surface area contributed by atoms with Crippen molar-refractivity contribution in [3.05, 3.63) is 95.6 Å². The van der Waals surface area contributed by atoms with Crippen LogP contribution in [0.25, 0.3) is 0 Å². The Labute approximate surface area is 166 Å². The molecule has 2 N–H and O–H groups in total. The van der Waals surface area contributed by atoms with Crippen LogP contribution in [0.2, 0.25) is 0 Å². The van der Waals surface area contributed by atoms with E-state index in [0.29, 0.717) is 23.3 Å². The maximum atomic E-state index is 12.7. The van der Waals surface area contributed by atoms with E-state index in [1.165, 1.54) is 13.0 Å². The molecule has 0 aliphatic heterocycles. The summed E-state index contributed by atoms with van der Waals surface area (Å²) in [5.41, 5.74) is -1.45. The Bertz CT molecular complexity index is 1090. The van der Waals surface area contributed by atoms with Gasteiger partial charge >= 0.3 is 6.18 Å². The van der Waals surface area contributed by atoms with Crippen LogP contribution in [-0.4, -0.2) is 13.5 Å². The maximum Gasteiger partial charge on any atom is 0.416 e. The number of para-hydroxylation sites is 1. The number of alkyl halides is 3. The average Bonchev–Trinajstić information content (AvgIpc) is 2.68. The van der Waals surface area contributed by atoms with Crippen LogP contribution in [0.3, 0.4) is 0 Å². The summed E-state index contributed by atoms with van der Waals surface area (Å²) in [7, 11) is -4.17. The minimum Gasteiger partial charge on any atom is -0.381 e. The third kappa shape index (κ3) is 4.44. The van der Waals surface area contributed by atoms with Crippen molar-refractivity contribution in [1.82, 2.24) is 0 Å². The van der Waals surface area contributed by atoms with Gasteiger partial charge in [0.25, 0.3) is 10.0 Å². The summed E-state index contributed by atoms with van der Waals surface area (Å²) in [6, 6.07) is 18.2. The van der Waals surface area contributed by atoms with Crippen LogP contribution in [0.4, 0.5) is 18.9 Å². The molecule has 0 aromatic heterocycles. The van der Waals surface area contributed by atoms with Gasteiger partial charge in [0, 0.05) is 5.56 Å². The van der Waals surface area contributed by atoms with Crippen molar-refractivity contribution in [2.24, 2.45) is 0 Å². The van der Waals surface area contributed by atoms with E-state index in [0.717, 1.165) is 12.1 Å². The van der Waals surface area contributed by atoms with Crippen LogP contribution < -0.4 is 4.72 Å². The van der Waals surface area contributed by atoms with Crippen LogP contribution in [0, 0.1) is 0 Å². The molecule has 0 radical (unpaired) electrons. The normalized spacial score (nSPS) is 14.2. The predicted molar refractivity (Wildman–Crippen MR) is 104 cm³/mol. The standard InChI is InChI=1S/C21H18F3NO3S/c1-20(26,15-7-3-2-4-8-15)18-9-5-6-10-19(18)25-29(27,28)17-13-11-16(12-14-17)21(22,23)24/h2-14,25-26H,1H3. The fourth-order valence-electron chi connectivity index (χ4n) is 2.94. The highest BCUT2D eigenvalue weighted by atomic mass is 32.2. The van der Waals surface area contributed by atoms with Crippen molar-refractivity contribution in [3.63, 3.8) is 0 Å². The number of rotatable bonds is 5. The molecule has 3 rings (SSSR count). The molecule has 4 nitrogen and oxygen atoms in total. The molecule has 3 aromatic rings. The Hall–Kier alpha value is -2.84. The van der Waals surface area contributed by atoms with E-state index in [-0.39, 0.29) is 10.6 Å². The topological polar surface area (TPSA) is 66.4 Å². The fraction of sp³-hybridized carbons (Fsp3) is 0.143. The van der Waals surface area contributed by atoms with Gasteiger partial charge in [-0.1, -0.05) is 48.5 Å². The number of hydrogen-bond donors (Lipinski definition) is 2. The second-order valence-electron chi connectivity index (χ2n) is 6.61. The van der Waals surface area contributed by atoms with Gasteiger partial charge in [-0.05, 0) is 42.8 Å². The summed E-state index contributed by atoms with van der Waals surface area (Å²) in [5.74, 6) is 0. The van der Waals surface area contributed by atoms with Gasteiger partial charge in [-0.25, -0.2) is 8.42 Å². The molecule has 0 bridgehead atoms. The van der Waals surface area contributed by atoms with E-state index in [1.807, 2.05) is 0 Å². The Morgan fingerprint density at radius 2 is 1.34 bits per heavy atom. The van der Waals surface area contributed by atoms with Crippen molar-refractivity contribution in [3.8, 4) is 0 Å². The minimum atomic E-state index is -4.56. The highest BCUT2D eigenvalue weighted by molar-refractivity contribution is 7.92. The zero-order chi connectivity index (χ0) is 21.3. The van der Waals surface area contributed by atoms with E-state index in [2.05, 4.69) is 4.72 Å². The first kappa shape index (κ1) is 20.9. The molecule has 152 valence electrons. The molecule has 0 saturated carbocycles. The minimum absolute atomic E-state index is 0.126. The van der Waals surface area contributed by atoms with Crippen LogP contribution in [-0.2, 0) is 21.8 Å². The fourth-order valence-corrected chi connectivity index (χ4v) is 4.02. The number of nitrogens with one attached hydrogen (secondary N) is 1. The molecular formula is C21H18F3NO3S. The number of anilines is 1. The smallest absolute Gasteiger partial charge is 0.381 e. The van der Waals surface area contributed by atoms with Gasteiger partial charge < -0.3 is 5.11 Å². The van der Waals surface area contributed by atoms with Crippen LogP contribution in [0.5, 0.6) is 0 Å². The summed E-state index contributed by atoms with van der Waals surface area (Å²) in [6.45, 7) is 1.54. The first-order valence-corrected chi connectivity index (χ1v) is 10.1. The van der Waals surface area contributed by atoms with Crippen molar-refractivity contribution in [1.29, 1.82) is 0 Å². The van der Waals surface area contributed by atoms with Gasteiger partial charge in [0.2, 0.25) is 0 Å². The number of sulfonamides is 1. The highest BCUT2D eigenvalue weighted by Gasteiger charge is 2.32. The first-order chi connectivity index (χ1) is 13.5. The van der Waals surface area contributed by atoms with E-state index < -0.39 is 27.4 Å². The average molecular weight is 421 g/mol. The van der Waals surface area contributed by atoms with Gasteiger partial charge in [0.05, 0.1) is 16.1 Å². The van der Waals surface area contributed by atoms with Gasteiger partial charge in [-0.3, -0.25) is 4.72 Å². The molecular weight excluding hydrogens is 403 g/mol. The molecule has 1 atom stereocenters. The number of benzene rings is 3. The van der Waals surface area contributed by atoms with Crippen LogP contribution in [0.1, 0.15) is 23.6 Å². The summed E-state index contributed by atoms with van der Waals surface area (Å²) in [6.07, 6.45) is -4.56. The molecule has 0 saturated heterocycles. The summed E-state index contributed by atoms with van der Waals surface area (Å²) >= 11 is 0. The number of halogens is 3. The highest BCUT2D eigenvalue weighted by Crippen LogP contribution is 2.35. The monoisotopic (exact) mass is 421 g/mol. The van der Waals surface area contributed by atoms with Crippen molar-refractivity contribution < 1.29 is 26.7 Å². The molecule has 0 spiro atoms. The molecule has 0 heterocycles. The number of aliphatic hydroxyl groups is 1. The molecule has 8 heteroatoms. The summed E-state index contributed by atoms with van der Waals surface area (Å²) in [5, 5.41) is 11.1. The van der Waals surface area contributed by atoms with Crippen LogP contribution >= 0.6 is 0 Å². The van der Waals surface area contributed by atoms with Gasteiger partial charge in [0.1, 0.15) is 5.60 Å². The lowest BCUT2D eigenvalue weighted by Gasteiger charge is -2.27. The second kappa shape index (κ2) is 7.53. The third-order valence-corrected chi connectivity index (χ3v) is 5.91. The SMILES string of the molecule is CC(O)(c1ccccc1)c1ccccc1NS(=O)(=O)c1ccc(C(F)(F)F)cc1. The van der Waals surface area contributed by atoms with Crippen molar-refractivity contribution >= 4 is 15.7 Å². The summed E-state index contributed by atoms with van der Waals surface area (Å²) in [4.78, 5) is -0.320. The summed E-state index contributed by atoms with van der Waals surface area (Å²) < 4.78 is 65.9.